The Hall–Kier alpha value is -2.21. The van der Waals surface area contributed by atoms with Crippen molar-refractivity contribution in [2.24, 2.45) is 0 Å². The number of amides is 1. The fourth-order valence-corrected chi connectivity index (χ4v) is 2.22. The highest BCUT2D eigenvalue weighted by atomic mass is 16.5. The Morgan fingerprint density at radius 2 is 1.75 bits per heavy atom. The van der Waals surface area contributed by atoms with Gasteiger partial charge in [-0.3, -0.25) is 14.4 Å². The van der Waals surface area contributed by atoms with Crippen LogP contribution in [0.15, 0.2) is 24.3 Å². The molecule has 0 fully saturated rings. The summed E-state index contributed by atoms with van der Waals surface area (Å²) in [6, 6.07) is 7.29. The summed E-state index contributed by atoms with van der Waals surface area (Å²) in [5.74, 6) is -0.305. The molecule has 0 aliphatic heterocycles. The van der Waals surface area contributed by atoms with Gasteiger partial charge in [-0.05, 0) is 24.1 Å². The molecular formula is C18H25NO5. The summed E-state index contributed by atoms with van der Waals surface area (Å²) >= 11 is 0. The van der Waals surface area contributed by atoms with Crippen LogP contribution in [-0.4, -0.2) is 49.7 Å². The van der Waals surface area contributed by atoms with Crippen LogP contribution in [0.5, 0.6) is 5.75 Å². The highest BCUT2D eigenvalue weighted by Crippen LogP contribution is 2.14. The average molecular weight is 335 g/mol. The zero-order valence-corrected chi connectivity index (χ0v) is 14.5. The predicted octanol–water partition coefficient (Wildman–Crippen LogP) is 2.00. The van der Waals surface area contributed by atoms with E-state index in [9.17, 15) is 14.4 Å². The minimum Gasteiger partial charge on any atom is -0.497 e. The molecule has 6 nitrogen and oxygen atoms in total. The molecule has 0 heterocycles. The Bertz CT molecular complexity index is 553. The first-order valence-corrected chi connectivity index (χ1v) is 7.97. The molecule has 0 aromatic heterocycles. The monoisotopic (exact) mass is 335 g/mol. The van der Waals surface area contributed by atoms with Crippen LogP contribution in [0.2, 0.25) is 0 Å². The van der Waals surface area contributed by atoms with Gasteiger partial charge in [0.2, 0.25) is 5.78 Å². The van der Waals surface area contributed by atoms with Crippen molar-refractivity contribution in [2.75, 3.05) is 27.4 Å². The molecule has 0 saturated carbocycles. The van der Waals surface area contributed by atoms with Crippen LogP contribution < -0.4 is 4.74 Å². The number of Topliss-reactive ketones (excluding diaryl/α,β-unsaturated/α-hetero) is 2. The van der Waals surface area contributed by atoms with Crippen LogP contribution in [0, 0.1) is 0 Å². The number of ketones is 2. The van der Waals surface area contributed by atoms with E-state index in [0.29, 0.717) is 32.4 Å². The van der Waals surface area contributed by atoms with Gasteiger partial charge in [0.1, 0.15) is 18.1 Å². The molecule has 1 aromatic rings. The quantitative estimate of drug-likeness (QED) is 0.578. The van der Waals surface area contributed by atoms with Gasteiger partial charge in [0.15, 0.2) is 0 Å². The van der Waals surface area contributed by atoms with Gasteiger partial charge in [-0.15, -0.1) is 0 Å². The van der Waals surface area contributed by atoms with Gasteiger partial charge in [0, 0.05) is 33.0 Å². The number of ether oxygens (including phenoxy) is 2. The van der Waals surface area contributed by atoms with Gasteiger partial charge in [0.05, 0.1) is 7.11 Å². The van der Waals surface area contributed by atoms with E-state index in [-0.39, 0.29) is 12.4 Å². The third kappa shape index (κ3) is 6.50. The standard InChI is InChI=1S/C18H25NO5/c1-4-15(20)6-5-11-19(18(22)17(21)13-23-2)12-14-7-9-16(24-3)10-8-14/h7-10H,4-6,11-13H2,1-3H3. The molecule has 0 radical (unpaired) electrons. The van der Waals surface area contributed by atoms with Crippen molar-refractivity contribution < 1.29 is 23.9 Å². The van der Waals surface area contributed by atoms with Gasteiger partial charge in [0.25, 0.3) is 5.91 Å². The molecular weight excluding hydrogens is 310 g/mol. The maximum absolute atomic E-state index is 12.3. The first-order valence-electron chi connectivity index (χ1n) is 7.97. The molecule has 0 unspecified atom stereocenters. The second kappa shape index (κ2) is 10.5. The van der Waals surface area contributed by atoms with Crippen molar-refractivity contribution >= 4 is 17.5 Å². The van der Waals surface area contributed by atoms with Gasteiger partial charge in [-0.1, -0.05) is 19.1 Å². The molecule has 6 heteroatoms. The molecule has 1 amide bonds. The Kier molecular flexibility index (Phi) is 8.71. The maximum atomic E-state index is 12.3. The van der Waals surface area contributed by atoms with Crippen LogP contribution in [-0.2, 0) is 25.7 Å². The van der Waals surface area contributed by atoms with E-state index in [0.717, 1.165) is 11.3 Å². The molecule has 0 bridgehead atoms. The lowest BCUT2D eigenvalue weighted by atomic mass is 10.1. The second-order valence-electron chi connectivity index (χ2n) is 5.43. The number of benzene rings is 1. The van der Waals surface area contributed by atoms with Crippen LogP contribution >= 0.6 is 0 Å². The fourth-order valence-electron chi connectivity index (χ4n) is 2.22. The number of rotatable bonds is 11. The smallest absolute Gasteiger partial charge is 0.292 e. The fraction of sp³-hybridized carbons (Fsp3) is 0.500. The Morgan fingerprint density at radius 3 is 2.29 bits per heavy atom. The third-order valence-corrected chi connectivity index (χ3v) is 3.61. The minimum atomic E-state index is -0.590. The molecule has 0 atom stereocenters. The van der Waals surface area contributed by atoms with Gasteiger partial charge >= 0.3 is 0 Å². The summed E-state index contributed by atoms with van der Waals surface area (Å²) in [5, 5.41) is 0. The van der Waals surface area contributed by atoms with Crippen LogP contribution in [0.25, 0.3) is 0 Å². The van der Waals surface area contributed by atoms with E-state index in [1.54, 1.807) is 19.2 Å². The van der Waals surface area contributed by atoms with Crippen molar-refractivity contribution in [3.63, 3.8) is 0 Å². The SMILES string of the molecule is CCC(=O)CCCN(Cc1ccc(OC)cc1)C(=O)C(=O)COC. The van der Waals surface area contributed by atoms with Crippen LogP contribution in [0.3, 0.4) is 0 Å². The van der Waals surface area contributed by atoms with E-state index >= 15 is 0 Å². The molecule has 0 N–H and O–H groups in total. The van der Waals surface area contributed by atoms with Gasteiger partial charge in [-0.25, -0.2) is 0 Å². The molecule has 0 saturated heterocycles. The maximum Gasteiger partial charge on any atom is 0.292 e. The lowest BCUT2D eigenvalue weighted by Gasteiger charge is -2.22. The summed E-state index contributed by atoms with van der Waals surface area (Å²) in [5.41, 5.74) is 0.885. The van der Waals surface area contributed by atoms with Gasteiger partial charge < -0.3 is 14.4 Å². The zero-order chi connectivity index (χ0) is 17.9. The second-order valence-corrected chi connectivity index (χ2v) is 5.43. The largest absolute Gasteiger partial charge is 0.497 e. The first-order chi connectivity index (χ1) is 11.5. The summed E-state index contributed by atoms with van der Waals surface area (Å²) in [6.45, 7) is 2.22. The summed E-state index contributed by atoms with van der Waals surface area (Å²) in [6.07, 6.45) is 1.42. The van der Waals surface area contributed by atoms with E-state index in [4.69, 9.17) is 9.47 Å². The van der Waals surface area contributed by atoms with Crippen molar-refractivity contribution in [3.8, 4) is 5.75 Å². The Balaban J connectivity index is 2.76. The normalized spacial score (nSPS) is 10.3. The number of hydrogen-bond acceptors (Lipinski definition) is 5. The van der Waals surface area contributed by atoms with Crippen LogP contribution in [0.1, 0.15) is 31.7 Å². The van der Waals surface area contributed by atoms with E-state index in [1.165, 1.54) is 12.0 Å². The summed E-state index contributed by atoms with van der Waals surface area (Å²) < 4.78 is 9.85. The molecule has 0 aliphatic rings. The van der Waals surface area contributed by atoms with E-state index in [2.05, 4.69) is 0 Å². The van der Waals surface area contributed by atoms with Crippen LogP contribution in [0.4, 0.5) is 0 Å². The number of methoxy groups -OCH3 is 2. The van der Waals surface area contributed by atoms with E-state index in [1.807, 2.05) is 19.1 Å². The number of carbonyl (C=O) groups excluding carboxylic acids is 3. The topological polar surface area (TPSA) is 72.9 Å². The van der Waals surface area contributed by atoms with Crippen molar-refractivity contribution in [1.29, 1.82) is 0 Å². The highest BCUT2D eigenvalue weighted by Gasteiger charge is 2.21. The van der Waals surface area contributed by atoms with E-state index < -0.39 is 11.7 Å². The van der Waals surface area contributed by atoms with Crippen molar-refractivity contribution in [3.05, 3.63) is 29.8 Å². The molecule has 1 aromatic carbocycles. The minimum absolute atomic E-state index is 0.148. The van der Waals surface area contributed by atoms with Gasteiger partial charge in [-0.2, -0.15) is 0 Å². The highest BCUT2D eigenvalue weighted by molar-refractivity contribution is 6.36. The molecule has 0 spiro atoms. The molecule has 132 valence electrons. The molecule has 0 aliphatic carbocycles. The molecule has 24 heavy (non-hydrogen) atoms. The Labute approximate surface area is 142 Å². The summed E-state index contributed by atoms with van der Waals surface area (Å²) in [4.78, 5) is 37.0. The number of hydrogen-bond donors (Lipinski definition) is 0. The first kappa shape index (κ1) is 19.8. The number of nitrogens with zero attached hydrogens (tertiary/aromatic N) is 1. The average Bonchev–Trinajstić information content (AvgIpc) is 2.60. The Morgan fingerprint density at radius 1 is 1.08 bits per heavy atom. The van der Waals surface area contributed by atoms with Crippen molar-refractivity contribution in [1.82, 2.24) is 4.90 Å². The van der Waals surface area contributed by atoms with Crippen molar-refractivity contribution in [2.45, 2.75) is 32.7 Å². The third-order valence-electron chi connectivity index (χ3n) is 3.61. The summed E-state index contributed by atoms with van der Waals surface area (Å²) in [7, 11) is 2.96. The lowest BCUT2D eigenvalue weighted by molar-refractivity contribution is -0.147. The zero-order valence-electron chi connectivity index (χ0n) is 14.5. The lowest BCUT2D eigenvalue weighted by Crippen LogP contribution is -2.38. The predicted molar refractivity (Wildman–Crippen MR) is 89.8 cm³/mol. The number of carbonyl (C=O) groups is 3. The molecule has 1 rings (SSSR count).